The minimum atomic E-state index is -0.781. The Labute approximate surface area is 430 Å². The van der Waals surface area contributed by atoms with E-state index in [1.165, 1.54) is 60.0 Å². The number of nitrogens with zero attached hydrogens (tertiary/aromatic N) is 2. The average Bonchev–Trinajstić information content (AvgIpc) is 3.84. The highest BCUT2D eigenvalue weighted by Crippen LogP contribution is 2.28. The number of para-hydroxylation sites is 1. The molecule has 0 radical (unpaired) electrons. The van der Waals surface area contributed by atoms with Crippen molar-refractivity contribution in [1.82, 2.24) is 4.98 Å². The van der Waals surface area contributed by atoms with Crippen LogP contribution in [0.3, 0.4) is 0 Å². The number of thiazole rings is 1. The van der Waals surface area contributed by atoms with Gasteiger partial charge >= 0.3 is 35.8 Å². The Balaban J connectivity index is 1.19. The zero-order chi connectivity index (χ0) is 52.9. The monoisotopic (exact) mass is 1030 g/mol. The molecule has 5 aromatic rings. The molecule has 0 fully saturated rings. The average molecular weight is 1030 g/mol. The molecule has 74 heavy (non-hydrogen) atoms. The summed E-state index contributed by atoms with van der Waals surface area (Å²) in [6.07, 6.45) is 6.40. The lowest BCUT2D eigenvalue weighted by Gasteiger charge is -2.18. The second-order valence-electron chi connectivity index (χ2n) is 15.3. The van der Waals surface area contributed by atoms with Gasteiger partial charge in [0.25, 0.3) is 0 Å². The highest BCUT2D eigenvalue weighted by molar-refractivity contribution is 7.22. The molecular formula is C54H55N3O16S. The Hall–Kier alpha value is -8.46. The van der Waals surface area contributed by atoms with Crippen LogP contribution in [0.15, 0.2) is 147 Å². The molecule has 2 atom stereocenters. The van der Waals surface area contributed by atoms with E-state index in [2.05, 4.69) is 41.8 Å². The number of fused-ring (bicyclic) bond motifs is 1. The molecule has 20 heteroatoms. The number of aromatic nitrogens is 1. The molecular weight excluding hydrogens is 979 g/mol. The van der Waals surface area contributed by atoms with Crippen LogP contribution in [0.5, 0.6) is 23.0 Å². The van der Waals surface area contributed by atoms with Crippen LogP contribution >= 0.6 is 11.3 Å². The highest BCUT2D eigenvalue weighted by Gasteiger charge is 2.19. The van der Waals surface area contributed by atoms with E-state index in [0.29, 0.717) is 55.5 Å². The van der Waals surface area contributed by atoms with Crippen LogP contribution in [0.2, 0.25) is 0 Å². The Kier molecular flexibility index (Phi) is 23.7. The van der Waals surface area contributed by atoms with Crippen LogP contribution in [-0.4, -0.2) is 112 Å². The van der Waals surface area contributed by atoms with Crippen molar-refractivity contribution in [3.8, 4) is 23.0 Å². The van der Waals surface area contributed by atoms with Crippen molar-refractivity contribution in [2.24, 2.45) is 5.10 Å². The van der Waals surface area contributed by atoms with Gasteiger partial charge in [0.15, 0.2) is 12.2 Å². The third kappa shape index (κ3) is 20.0. The van der Waals surface area contributed by atoms with Crippen molar-refractivity contribution < 1.29 is 76.1 Å². The molecule has 5 rings (SSSR count). The summed E-state index contributed by atoms with van der Waals surface area (Å²) in [4.78, 5) is 77.7. The van der Waals surface area contributed by atoms with Crippen LogP contribution in [0.4, 0.5) is 5.13 Å². The van der Waals surface area contributed by atoms with E-state index in [1.807, 2.05) is 24.3 Å². The van der Waals surface area contributed by atoms with Crippen molar-refractivity contribution in [3.63, 3.8) is 0 Å². The first-order valence-electron chi connectivity index (χ1n) is 23.1. The molecule has 0 aliphatic rings. The van der Waals surface area contributed by atoms with E-state index in [9.17, 15) is 28.8 Å². The van der Waals surface area contributed by atoms with Crippen LogP contribution in [0.25, 0.3) is 10.2 Å². The molecule has 0 saturated heterocycles. The van der Waals surface area contributed by atoms with Gasteiger partial charge in [0.05, 0.1) is 54.0 Å². The summed E-state index contributed by atoms with van der Waals surface area (Å²) in [6.45, 7) is 14.6. The van der Waals surface area contributed by atoms with E-state index in [4.69, 9.17) is 47.4 Å². The second kappa shape index (κ2) is 31.1. The van der Waals surface area contributed by atoms with Gasteiger partial charge in [0.1, 0.15) is 36.2 Å². The Morgan fingerprint density at radius 1 is 0.568 bits per heavy atom. The van der Waals surface area contributed by atoms with Crippen molar-refractivity contribution in [1.29, 1.82) is 0 Å². The van der Waals surface area contributed by atoms with Crippen molar-refractivity contribution >= 4 is 68.7 Å². The summed E-state index contributed by atoms with van der Waals surface area (Å²) in [6, 6.07) is 24.2. The van der Waals surface area contributed by atoms with Crippen LogP contribution < -0.4 is 24.4 Å². The molecule has 0 aliphatic carbocycles. The van der Waals surface area contributed by atoms with E-state index < -0.39 is 48.0 Å². The molecule has 388 valence electrons. The fourth-order valence-electron chi connectivity index (χ4n) is 6.10. The summed E-state index contributed by atoms with van der Waals surface area (Å²) in [5, 5.41) is 4.84. The molecule has 0 aliphatic heterocycles. The lowest BCUT2D eigenvalue weighted by molar-refractivity contribution is -0.148. The predicted octanol–water partition coefficient (Wildman–Crippen LogP) is 8.19. The van der Waals surface area contributed by atoms with Crippen molar-refractivity contribution in [2.45, 2.75) is 37.9 Å². The van der Waals surface area contributed by atoms with Gasteiger partial charge in [0, 0.05) is 43.1 Å². The quantitative estimate of drug-likeness (QED) is 0.00793. The van der Waals surface area contributed by atoms with Gasteiger partial charge in [-0.3, -0.25) is 5.43 Å². The SMILES string of the molecule is C=CC(=O)OCCCCOCC(COc1ccc(C(=O)Oc2ccc(OC(=O)c3ccc(OCC(COCCCCOC(=O)C=C)OC(=O)C=C)cc3)c(/C=N/Nc3nc4ccccc4s3)c2)cc1)OC(=O)C=C. The van der Waals surface area contributed by atoms with E-state index in [0.717, 1.165) is 34.5 Å². The van der Waals surface area contributed by atoms with Crippen molar-refractivity contribution in [3.05, 3.63) is 158 Å². The van der Waals surface area contributed by atoms with Crippen LogP contribution in [-0.2, 0) is 47.6 Å². The zero-order valence-electron chi connectivity index (χ0n) is 40.4. The van der Waals surface area contributed by atoms with E-state index >= 15 is 0 Å². The highest BCUT2D eigenvalue weighted by atomic mass is 32.1. The zero-order valence-corrected chi connectivity index (χ0v) is 41.2. The summed E-state index contributed by atoms with van der Waals surface area (Å²) < 4.78 is 56.1. The van der Waals surface area contributed by atoms with E-state index in [1.54, 1.807) is 24.3 Å². The molecule has 2 unspecified atom stereocenters. The fraction of sp³-hybridized carbons (Fsp3) is 0.259. The van der Waals surface area contributed by atoms with E-state index in [-0.39, 0.29) is 67.8 Å². The molecule has 1 N–H and O–H groups in total. The molecule has 19 nitrogen and oxygen atoms in total. The Bertz CT molecular complexity index is 2700. The first kappa shape index (κ1) is 56.5. The van der Waals surface area contributed by atoms with Gasteiger partial charge in [-0.1, -0.05) is 49.8 Å². The first-order chi connectivity index (χ1) is 36.0. The maximum absolute atomic E-state index is 13.5. The van der Waals surface area contributed by atoms with Gasteiger partial charge in [-0.05, 0) is 105 Å². The van der Waals surface area contributed by atoms with Crippen LogP contribution in [0, 0.1) is 0 Å². The number of esters is 6. The number of ether oxygens (including phenoxy) is 10. The third-order valence-corrected chi connectivity index (χ3v) is 10.7. The van der Waals surface area contributed by atoms with Gasteiger partial charge in [-0.25, -0.2) is 33.8 Å². The standard InChI is InChI=1S/C54H55N3O16S/c1-5-48(58)66-29-13-11-27-64-33-43(70-50(60)7-3)35-68-40-21-17-37(18-22-40)52(62)72-42-25-26-46(39(31-42)32-55-57-54-56-45-15-9-10-16-47(45)74-54)73-53(63)38-19-23-41(24-20-38)69-36-44(71-51(61)8-4)34-65-28-12-14-30-67-49(59)6-2/h5-10,15-26,31-32,43-44H,1-4,11-14,27-30,33-36H2,(H,56,57)/b55-32+. The number of hydrogen-bond acceptors (Lipinski definition) is 20. The molecule has 4 aromatic carbocycles. The predicted molar refractivity (Wildman–Crippen MR) is 274 cm³/mol. The molecule has 1 aromatic heterocycles. The van der Waals surface area contributed by atoms with Gasteiger partial charge in [-0.2, -0.15) is 5.10 Å². The second-order valence-corrected chi connectivity index (χ2v) is 16.4. The number of anilines is 1. The molecule has 0 saturated carbocycles. The lowest BCUT2D eigenvalue weighted by atomic mass is 10.2. The maximum atomic E-state index is 13.5. The number of hydrogen-bond donors (Lipinski definition) is 1. The minimum Gasteiger partial charge on any atom is -0.490 e. The summed E-state index contributed by atoms with van der Waals surface area (Å²) in [5.74, 6) is -2.81. The number of carbonyl (C=O) groups is 6. The summed E-state index contributed by atoms with van der Waals surface area (Å²) in [7, 11) is 0. The Morgan fingerprint density at radius 2 is 1.05 bits per heavy atom. The number of unbranched alkanes of at least 4 members (excludes halogenated alkanes) is 2. The Morgan fingerprint density at radius 3 is 1.57 bits per heavy atom. The summed E-state index contributed by atoms with van der Waals surface area (Å²) >= 11 is 1.39. The third-order valence-electron chi connectivity index (χ3n) is 9.80. The number of rotatable bonds is 33. The normalized spacial score (nSPS) is 11.6. The van der Waals surface area contributed by atoms with Gasteiger partial charge in [-0.15, -0.1) is 0 Å². The lowest BCUT2D eigenvalue weighted by Crippen LogP contribution is -2.29. The molecule has 0 amide bonds. The number of carbonyl (C=O) groups excluding carboxylic acids is 6. The number of hydrazone groups is 1. The van der Waals surface area contributed by atoms with Gasteiger partial charge in [0.2, 0.25) is 5.13 Å². The fourth-order valence-corrected chi connectivity index (χ4v) is 6.92. The number of benzene rings is 4. The molecule has 0 spiro atoms. The smallest absolute Gasteiger partial charge is 0.343 e. The minimum absolute atomic E-state index is 0.0271. The maximum Gasteiger partial charge on any atom is 0.343 e. The summed E-state index contributed by atoms with van der Waals surface area (Å²) in [5.41, 5.74) is 4.31. The van der Waals surface area contributed by atoms with Crippen molar-refractivity contribution in [2.75, 3.05) is 58.3 Å². The van der Waals surface area contributed by atoms with Crippen LogP contribution in [0.1, 0.15) is 52.0 Å². The molecule has 0 bridgehead atoms. The largest absolute Gasteiger partial charge is 0.490 e. The first-order valence-corrected chi connectivity index (χ1v) is 23.9. The topological polar surface area (TPSA) is 232 Å². The molecule has 1 heterocycles. The van der Waals surface area contributed by atoms with Gasteiger partial charge < -0.3 is 47.4 Å². The number of nitrogens with one attached hydrogen (secondary N) is 1.